The number of carbonyl (C=O) groups is 2. The number of carboxylic acids is 1. The molecule has 5 nitrogen and oxygen atoms in total. The predicted molar refractivity (Wildman–Crippen MR) is 60.6 cm³/mol. The number of amides is 1. The zero-order chi connectivity index (χ0) is 12.8. The summed E-state index contributed by atoms with van der Waals surface area (Å²) in [6.07, 6.45) is 1.30. The minimum absolute atomic E-state index is 0.102. The van der Waals surface area contributed by atoms with E-state index < -0.39 is 17.5 Å². The van der Waals surface area contributed by atoms with Gasteiger partial charge in [-0.1, -0.05) is 0 Å². The summed E-state index contributed by atoms with van der Waals surface area (Å²) in [5.74, 6) is -1.09. The predicted octanol–water partition coefficient (Wildman–Crippen LogP) is 1.72. The van der Waals surface area contributed by atoms with E-state index in [0.717, 1.165) is 12.8 Å². The fourth-order valence-electron chi connectivity index (χ4n) is 2.90. The molecule has 0 radical (unpaired) electrons. The molecule has 1 saturated heterocycles. The summed E-state index contributed by atoms with van der Waals surface area (Å²) in [5.41, 5.74) is -0.530. The lowest BCUT2D eigenvalue weighted by Crippen LogP contribution is -2.42. The van der Waals surface area contributed by atoms with Gasteiger partial charge < -0.3 is 14.7 Å². The monoisotopic (exact) mass is 241 g/mol. The van der Waals surface area contributed by atoms with Gasteiger partial charge >= 0.3 is 12.1 Å². The molecule has 0 aromatic rings. The van der Waals surface area contributed by atoms with Gasteiger partial charge in [0.2, 0.25) is 0 Å². The molecule has 0 aromatic carbocycles. The van der Waals surface area contributed by atoms with Crippen LogP contribution in [0.4, 0.5) is 4.79 Å². The number of fused-ring (bicyclic) bond motifs is 2. The third-order valence-electron chi connectivity index (χ3n) is 3.50. The molecule has 1 unspecified atom stereocenters. The standard InChI is InChI=1S/C12H19NO4/c1-12(2,3)17-11(16)13-6-7-4-5-8(13)9(7)10(14)15/h7-9H,4-6H2,1-3H3,(H,14,15)/t7-,8-,9?/m0/s1. The highest BCUT2D eigenvalue weighted by molar-refractivity contribution is 5.76. The number of hydrogen-bond acceptors (Lipinski definition) is 3. The Bertz CT molecular complexity index is 347. The lowest BCUT2D eigenvalue weighted by molar-refractivity contribution is -0.142. The number of aliphatic carboxylic acids is 1. The van der Waals surface area contributed by atoms with E-state index in [-0.39, 0.29) is 18.1 Å². The Balaban J connectivity index is 2.06. The molecule has 2 aliphatic rings. The number of ether oxygens (including phenoxy) is 1. The Kier molecular flexibility index (Phi) is 2.79. The fraction of sp³-hybridized carbons (Fsp3) is 0.833. The zero-order valence-electron chi connectivity index (χ0n) is 10.5. The zero-order valence-corrected chi connectivity index (χ0v) is 10.5. The summed E-state index contributed by atoms with van der Waals surface area (Å²) in [6, 6.07) is -0.174. The van der Waals surface area contributed by atoms with Crippen LogP contribution in [0.3, 0.4) is 0 Å². The number of carboxylic acid groups (broad SMARTS) is 1. The van der Waals surface area contributed by atoms with Crippen LogP contribution in [0, 0.1) is 11.8 Å². The summed E-state index contributed by atoms with van der Waals surface area (Å²) in [5, 5.41) is 9.15. The van der Waals surface area contributed by atoms with Gasteiger partial charge in [0.25, 0.3) is 0 Å². The van der Waals surface area contributed by atoms with E-state index in [4.69, 9.17) is 9.84 Å². The van der Waals surface area contributed by atoms with Crippen molar-refractivity contribution in [1.82, 2.24) is 4.90 Å². The molecule has 0 aromatic heterocycles. The Morgan fingerprint density at radius 3 is 2.41 bits per heavy atom. The van der Waals surface area contributed by atoms with Crippen LogP contribution < -0.4 is 0 Å². The van der Waals surface area contributed by atoms with Gasteiger partial charge in [-0.2, -0.15) is 0 Å². The first-order valence-electron chi connectivity index (χ1n) is 6.02. The van der Waals surface area contributed by atoms with Gasteiger partial charge in [-0.15, -0.1) is 0 Å². The Morgan fingerprint density at radius 2 is 1.94 bits per heavy atom. The summed E-state index contributed by atoms with van der Waals surface area (Å²) in [4.78, 5) is 24.7. The molecule has 2 fully saturated rings. The van der Waals surface area contributed by atoms with Crippen molar-refractivity contribution in [2.24, 2.45) is 11.8 Å². The number of piperidine rings is 1. The summed E-state index contributed by atoms with van der Waals surface area (Å²) in [6.45, 7) is 5.96. The van der Waals surface area contributed by atoms with E-state index in [2.05, 4.69) is 0 Å². The SMILES string of the molecule is CC(C)(C)OC(=O)N1C[C@@H]2CC[C@H]1C2C(=O)O. The number of rotatable bonds is 1. The normalized spacial score (nSPS) is 31.7. The number of nitrogens with zero attached hydrogens (tertiary/aromatic N) is 1. The van der Waals surface area contributed by atoms with Crippen LogP contribution >= 0.6 is 0 Å². The molecule has 5 heteroatoms. The third-order valence-corrected chi connectivity index (χ3v) is 3.50. The molecule has 2 rings (SSSR count). The molecule has 2 bridgehead atoms. The minimum Gasteiger partial charge on any atom is -0.481 e. The number of likely N-dealkylation sites (tertiary alicyclic amines) is 1. The molecule has 0 spiro atoms. The fourth-order valence-corrected chi connectivity index (χ4v) is 2.90. The van der Waals surface area contributed by atoms with Gasteiger partial charge in [0.05, 0.1) is 5.92 Å². The van der Waals surface area contributed by atoms with Crippen LogP contribution in [0.5, 0.6) is 0 Å². The van der Waals surface area contributed by atoms with Gasteiger partial charge in [0.15, 0.2) is 0 Å². The van der Waals surface area contributed by atoms with Crippen LogP contribution in [-0.4, -0.2) is 40.3 Å². The van der Waals surface area contributed by atoms with Gasteiger partial charge in [-0.25, -0.2) is 4.79 Å². The largest absolute Gasteiger partial charge is 0.481 e. The minimum atomic E-state index is -0.788. The van der Waals surface area contributed by atoms with E-state index in [1.54, 1.807) is 4.90 Å². The van der Waals surface area contributed by atoms with Crippen molar-refractivity contribution in [2.75, 3.05) is 6.54 Å². The van der Waals surface area contributed by atoms with Crippen LogP contribution in [0.15, 0.2) is 0 Å². The van der Waals surface area contributed by atoms with Crippen molar-refractivity contribution in [3.63, 3.8) is 0 Å². The highest BCUT2D eigenvalue weighted by Gasteiger charge is 2.53. The van der Waals surface area contributed by atoms with Crippen molar-refractivity contribution in [3.05, 3.63) is 0 Å². The highest BCUT2D eigenvalue weighted by atomic mass is 16.6. The second-order valence-corrected chi connectivity index (χ2v) is 5.90. The summed E-state index contributed by atoms with van der Waals surface area (Å²) < 4.78 is 5.30. The number of hydrogen-bond donors (Lipinski definition) is 1. The third kappa shape index (κ3) is 2.23. The van der Waals surface area contributed by atoms with Gasteiger partial charge in [-0.3, -0.25) is 4.79 Å². The highest BCUT2D eigenvalue weighted by Crippen LogP contribution is 2.43. The maximum absolute atomic E-state index is 11.9. The molecule has 1 amide bonds. The van der Waals surface area contributed by atoms with Gasteiger partial charge in [-0.05, 0) is 39.5 Å². The smallest absolute Gasteiger partial charge is 0.410 e. The Labute approximate surface area is 101 Å². The molecule has 17 heavy (non-hydrogen) atoms. The first kappa shape index (κ1) is 12.2. The van der Waals surface area contributed by atoms with Crippen molar-refractivity contribution in [1.29, 1.82) is 0 Å². The van der Waals surface area contributed by atoms with E-state index in [1.165, 1.54) is 0 Å². The first-order valence-corrected chi connectivity index (χ1v) is 6.02. The Hall–Kier alpha value is -1.26. The van der Waals surface area contributed by atoms with Crippen molar-refractivity contribution in [2.45, 2.75) is 45.3 Å². The molecular formula is C12H19NO4. The van der Waals surface area contributed by atoms with Crippen molar-refractivity contribution >= 4 is 12.1 Å². The molecule has 96 valence electrons. The maximum atomic E-state index is 11.9. The van der Waals surface area contributed by atoms with Crippen LogP contribution in [0.1, 0.15) is 33.6 Å². The average Bonchev–Trinajstić information content (AvgIpc) is 2.70. The van der Waals surface area contributed by atoms with E-state index in [9.17, 15) is 9.59 Å². The molecular weight excluding hydrogens is 222 g/mol. The van der Waals surface area contributed by atoms with Gasteiger partial charge in [0, 0.05) is 12.6 Å². The second-order valence-electron chi connectivity index (χ2n) is 5.90. The van der Waals surface area contributed by atoms with Crippen LogP contribution in [0.25, 0.3) is 0 Å². The first-order chi connectivity index (χ1) is 7.79. The average molecular weight is 241 g/mol. The lowest BCUT2D eigenvalue weighted by Gasteiger charge is -2.30. The van der Waals surface area contributed by atoms with E-state index in [1.807, 2.05) is 20.8 Å². The van der Waals surface area contributed by atoms with Gasteiger partial charge in [0.1, 0.15) is 5.60 Å². The summed E-state index contributed by atoms with van der Waals surface area (Å²) >= 11 is 0. The van der Waals surface area contributed by atoms with Crippen LogP contribution in [-0.2, 0) is 9.53 Å². The number of carbonyl (C=O) groups excluding carboxylic acids is 1. The molecule has 1 heterocycles. The Morgan fingerprint density at radius 1 is 1.29 bits per heavy atom. The quantitative estimate of drug-likeness (QED) is 0.759. The topological polar surface area (TPSA) is 66.8 Å². The lowest BCUT2D eigenvalue weighted by atomic mass is 9.99. The summed E-state index contributed by atoms with van der Waals surface area (Å²) in [7, 11) is 0. The van der Waals surface area contributed by atoms with E-state index >= 15 is 0 Å². The molecule has 1 saturated carbocycles. The molecule has 1 aliphatic heterocycles. The molecule has 1 N–H and O–H groups in total. The second kappa shape index (κ2) is 3.89. The van der Waals surface area contributed by atoms with Crippen molar-refractivity contribution < 1.29 is 19.4 Å². The van der Waals surface area contributed by atoms with Crippen LogP contribution in [0.2, 0.25) is 0 Å². The molecule has 3 atom stereocenters. The van der Waals surface area contributed by atoms with E-state index in [0.29, 0.717) is 6.54 Å². The van der Waals surface area contributed by atoms with Crippen molar-refractivity contribution in [3.8, 4) is 0 Å². The molecule has 1 aliphatic carbocycles. The maximum Gasteiger partial charge on any atom is 0.410 e.